The van der Waals surface area contributed by atoms with Gasteiger partial charge in [-0.25, -0.2) is 4.39 Å². The van der Waals surface area contributed by atoms with E-state index < -0.39 is 0 Å². The van der Waals surface area contributed by atoms with Gasteiger partial charge in [0.25, 0.3) is 0 Å². The molecule has 0 aliphatic heterocycles. The van der Waals surface area contributed by atoms with Gasteiger partial charge in [-0.1, -0.05) is 35.9 Å². The highest BCUT2D eigenvalue weighted by molar-refractivity contribution is 6.33. The van der Waals surface area contributed by atoms with Gasteiger partial charge >= 0.3 is 0 Å². The first kappa shape index (κ1) is 10.2. The molecule has 2 aromatic carbocycles. The zero-order valence-corrected chi connectivity index (χ0v) is 9.05. The Bertz CT molecular complexity index is 474. The van der Waals surface area contributed by atoms with Crippen LogP contribution in [0.15, 0.2) is 42.5 Å². The minimum absolute atomic E-state index is 0.234. The summed E-state index contributed by atoms with van der Waals surface area (Å²) in [5.74, 6) is -0.234. The van der Waals surface area contributed by atoms with Crippen molar-refractivity contribution in [1.29, 1.82) is 0 Å². The van der Waals surface area contributed by atoms with Crippen LogP contribution < -0.4 is 0 Å². The summed E-state index contributed by atoms with van der Waals surface area (Å²) in [5, 5.41) is 0.696. The van der Waals surface area contributed by atoms with Crippen molar-refractivity contribution in [3.8, 4) is 11.1 Å². The summed E-state index contributed by atoms with van der Waals surface area (Å²) in [6, 6.07) is 12.2. The summed E-state index contributed by atoms with van der Waals surface area (Å²) in [7, 11) is 0. The molecule has 0 saturated heterocycles. The number of hydrogen-bond donors (Lipinski definition) is 0. The quantitative estimate of drug-likeness (QED) is 0.666. The Morgan fingerprint density at radius 1 is 1.00 bits per heavy atom. The molecular weight excluding hydrogens is 211 g/mol. The standard InChI is InChI=1S/C13H10ClF/c1-9-2-7-12(13(14)8-9)10-3-5-11(15)6-4-10/h2-8H,1H3. The lowest BCUT2D eigenvalue weighted by molar-refractivity contribution is 0.628. The number of hydrogen-bond acceptors (Lipinski definition) is 0. The molecule has 0 spiro atoms. The molecule has 0 atom stereocenters. The van der Waals surface area contributed by atoms with E-state index in [0.717, 1.165) is 16.7 Å². The molecule has 0 heterocycles. The Balaban J connectivity index is 2.49. The van der Waals surface area contributed by atoms with Crippen molar-refractivity contribution in [2.75, 3.05) is 0 Å². The number of benzene rings is 2. The number of rotatable bonds is 1. The second-order valence-corrected chi connectivity index (χ2v) is 3.90. The molecule has 0 N–H and O–H groups in total. The lowest BCUT2D eigenvalue weighted by Crippen LogP contribution is -1.81. The summed E-state index contributed by atoms with van der Waals surface area (Å²) in [5.41, 5.74) is 2.98. The maximum atomic E-state index is 12.7. The van der Waals surface area contributed by atoms with Crippen molar-refractivity contribution in [2.24, 2.45) is 0 Å². The van der Waals surface area contributed by atoms with Gasteiger partial charge in [0, 0.05) is 10.6 Å². The Hall–Kier alpha value is -1.34. The maximum Gasteiger partial charge on any atom is 0.123 e. The molecule has 0 amide bonds. The van der Waals surface area contributed by atoms with E-state index >= 15 is 0 Å². The highest BCUT2D eigenvalue weighted by Crippen LogP contribution is 2.28. The third-order valence-electron chi connectivity index (χ3n) is 2.28. The highest BCUT2D eigenvalue weighted by atomic mass is 35.5. The molecule has 0 nitrogen and oxygen atoms in total. The smallest absolute Gasteiger partial charge is 0.123 e. The molecule has 0 saturated carbocycles. The van der Waals surface area contributed by atoms with Crippen LogP contribution in [0.1, 0.15) is 5.56 Å². The predicted octanol–water partition coefficient (Wildman–Crippen LogP) is 4.45. The third-order valence-corrected chi connectivity index (χ3v) is 2.59. The van der Waals surface area contributed by atoms with Gasteiger partial charge in [0.15, 0.2) is 0 Å². The summed E-state index contributed by atoms with van der Waals surface area (Å²) < 4.78 is 12.7. The molecule has 0 aromatic heterocycles. The van der Waals surface area contributed by atoms with E-state index in [1.165, 1.54) is 12.1 Å². The SMILES string of the molecule is Cc1ccc(-c2ccc(F)cc2)c(Cl)c1. The molecule has 2 heteroatoms. The molecule has 0 unspecified atom stereocenters. The van der Waals surface area contributed by atoms with E-state index in [4.69, 9.17) is 11.6 Å². The summed E-state index contributed by atoms with van der Waals surface area (Å²) >= 11 is 6.11. The predicted molar refractivity (Wildman–Crippen MR) is 61.6 cm³/mol. The number of halogens is 2. The van der Waals surface area contributed by atoms with E-state index in [2.05, 4.69) is 0 Å². The van der Waals surface area contributed by atoms with Gasteiger partial charge in [-0.05, 0) is 36.2 Å². The molecule has 0 bridgehead atoms. The lowest BCUT2D eigenvalue weighted by atomic mass is 10.0. The zero-order valence-electron chi connectivity index (χ0n) is 8.30. The second kappa shape index (κ2) is 4.03. The Kier molecular flexibility index (Phi) is 2.74. The van der Waals surface area contributed by atoms with Gasteiger partial charge in [0.1, 0.15) is 5.82 Å². The fourth-order valence-electron chi connectivity index (χ4n) is 1.48. The monoisotopic (exact) mass is 220 g/mol. The third kappa shape index (κ3) is 2.18. The summed E-state index contributed by atoms with van der Waals surface area (Å²) in [4.78, 5) is 0. The Morgan fingerprint density at radius 2 is 1.67 bits per heavy atom. The van der Waals surface area contributed by atoms with Crippen LogP contribution in [0.5, 0.6) is 0 Å². The zero-order chi connectivity index (χ0) is 10.8. The second-order valence-electron chi connectivity index (χ2n) is 3.49. The largest absolute Gasteiger partial charge is 0.207 e. The summed E-state index contributed by atoms with van der Waals surface area (Å²) in [6.07, 6.45) is 0. The molecular formula is C13H10ClF. The molecule has 0 aliphatic rings. The molecule has 0 radical (unpaired) electrons. The van der Waals surface area contributed by atoms with Gasteiger partial charge in [0.05, 0.1) is 0 Å². The van der Waals surface area contributed by atoms with Crippen LogP contribution in [0.4, 0.5) is 4.39 Å². The highest BCUT2D eigenvalue weighted by Gasteiger charge is 2.03. The fourth-order valence-corrected chi connectivity index (χ4v) is 1.83. The topological polar surface area (TPSA) is 0 Å². The molecule has 0 fully saturated rings. The lowest BCUT2D eigenvalue weighted by Gasteiger charge is -2.05. The van der Waals surface area contributed by atoms with E-state index in [1.807, 2.05) is 25.1 Å². The van der Waals surface area contributed by atoms with Crippen molar-refractivity contribution in [2.45, 2.75) is 6.92 Å². The van der Waals surface area contributed by atoms with Gasteiger partial charge in [-0.15, -0.1) is 0 Å². The average Bonchev–Trinajstić information content (AvgIpc) is 2.20. The molecule has 15 heavy (non-hydrogen) atoms. The average molecular weight is 221 g/mol. The normalized spacial score (nSPS) is 10.3. The van der Waals surface area contributed by atoms with Crippen LogP contribution >= 0.6 is 11.6 Å². The van der Waals surface area contributed by atoms with Crippen LogP contribution in [0.25, 0.3) is 11.1 Å². The molecule has 76 valence electrons. The number of aryl methyl sites for hydroxylation is 1. The van der Waals surface area contributed by atoms with Crippen molar-refractivity contribution in [3.05, 3.63) is 58.9 Å². The Labute approximate surface area is 93.3 Å². The molecule has 0 aliphatic carbocycles. The van der Waals surface area contributed by atoms with E-state index in [9.17, 15) is 4.39 Å². The minimum atomic E-state index is -0.234. The van der Waals surface area contributed by atoms with Crippen LogP contribution in [0, 0.1) is 12.7 Å². The van der Waals surface area contributed by atoms with Gasteiger partial charge in [-0.3, -0.25) is 0 Å². The van der Waals surface area contributed by atoms with Crippen molar-refractivity contribution in [1.82, 2.24) is 0 Å². The summed E-state index contributed by atoms with van der Waals surface area (Å²) in [6.45, 7) is 1.99. The van der Waals surface area contributed by atoms with Crippen LogP contribution in [0.3, 0.4) is 0 Å². The van der Waals surface area contributed by atoms with Gasteiger partial charge in [0.2, 0.25) is 0 Å². The van der Waals surface area contributed by atoms with Crippen molar-refractivity contribution < 1.29 is 4.39 Å². The van der Waals surface area contributed by atoms with Crippen LogP contribution in [-0.4, -0.2) is 0 Å². The van der Waals surface area contributed by atoms with E-state index in [0.29, 0.717) is 5.02 Å². The first-order chi connectivity index (χ1) is 7.16. The van der Waals surface area contributed by atoms with Crippen molar-refractivity contribution >= 4 is 11.6 Å². The minimum Gasteiger partial charge on any atom is -0.207 e. The van der Waals surface area contributed by atoms with Gasteiger partial charge < -0.3 is 0 Å². The molecule has 2 aromatic rings. The maximum absolute atomic E-state index is 12.7. The first-order valence-electron chi connectivity index (χ1n) is 4.69. The Morgan fingerprint density at radius 3 is 2.27 bits per heavy atom. The van der Waals surface area contributed by atoms with Crippen molar-refractivity contribution in [3.63, 3.8) is 0 Å². The fraction of sp³-hybridized carbons (Fsp3) is 0.0769. The van der Waals surface area contributed by atoms with Crippen LogP contribution in [0.2, 0.25) is 5.02 Å². The van der Waals surface area contributed by atoms with E-state index in [1.54, 1.807) is 12.1 Å². The van der Waals surface area contributed by atoms with Gasteiger partial charge in [-0.2, -0.15) is 0 Å². The first-order valence-corrected chi connectivity index (χ1v) is 5.07. The van der Waals surface area contributed by atoms with E-state index in [-0.39, 0.29) is 5.82 Å². The molecule has 2 rings (SSSR count). The van der Waals surface area contributed by atoms with Crippen LogP contribution in [-0.2, 0) is 0 Å².